The Morgan fingerprint density at radius 3 is 2.38 bits per heavy atom. The van der Waals surface area contributed by atoms with Gasteiger partial charge in [0.25, 0.3) is 0 Å². The molecular weight excluding hydrogens is 390 g/mol. The van der Waals surface area contributed by atoms with Crippen molar-refractivity contribution >= 4 is 16.0 Å². The van der Waals surface area contributed by atoms with Crippen molar-refractivity contribution in [3.63, 3.8) is 0 Å². The molecule has 2 aliphatic heterocycles. The van der Waals surface area contributed by atoms with Gasteiger partial charge < -0.3 is 19.9 Å². The molecule has 0 aromatic heterocycles. The normalized spacial score (nSPS) is 21.1. The van der Waals surface area contributed by atoms with Crippen LogP contribution in [0.15, 0.2) is 4.99 Å². The van der Waals surface area contributed by atoms with E-state index in [1.54, 1.807) is 4.31 Å². The predicted octanol–water partition coefficient (Wildman–Crippen LogP) is 1.06. The molecule has 1 N–H and O–H groups in total. The molecule has 0 atom stereocenters. The van der Waals surface area contributed by atoms with E-state index in [1.807, 2.05) is 13.8 Å². The van der Waals surface area contributed by atoms with Crippen LogP contribution in [0.4, 0.5) is 0 Å². The Kier molecular flexibility index (Phi) is 10.1. The summed E-state index contributed by atoms with van der Waals surface area (Å²) in [7, 11) is -3.26. The summed E-state index contributed by atoms with van der Waals surface area (Å²) >= 11 is 0. The number of piperidine rings is 1. The van der Waals surface area contributed by atoms with E-state index in [9.17, 15) is 8.42 Å². The Morgan fingerprint density at radius 2 is 1.79 bits per heavy atom. The monoisotopic (exact) mass is 431 g/mol. The maximum atomic E-state index is 12.5. The van der Waals surface area contributed by atoms with Gasteiger partial charge in [-0.15, -0.1) is 0 Å². The molecule has 0 amide bonds. The average Bonchev–Trinajstić information content (AvgIpc) is 2.68. The van der Waals surface area contributed by atoms with Gasteiger partial charge in [-0.25, -0.2) is 8.42 Å². The number of sulfonamides is 1. The molecule has 2 saturated heterocycles. The van der Waals surface area contributed by atoms with Gasteiger partial charge in [0.15, 0.2) is 5.96 Å². The minimum Gasteiger partial charge on any atom is -0.378 e. The maximum absolute atomic E-state index is 12.5. The summed E-state index contributed by atoms with van der Waals surface area (Å²) in [6.45, 7) is 15.7. The second-order valence-electron chi connectivity index (χ2n) is 8.38. The highest BCUT2D eigenvalue weighted by Gasteiger charge is 2.28. The zero-order valence-corrected chi connectivity index (χ0v) is 19.6. The number of ether oxygens (including phenoxy) is 1. The summed E-state index contributed by atoms with van der Waals surface area (Å²) in [4.78, 5) is 9.48. The van der Waals surface area contributed by atoms with Crippen LogP contribution in [0.25, 0.3) is 0 Å². The third-order valence-corrected chi connectivity index (χ3v) is 7.45. The van der Waals surface area contributed by atoms with Gasteiger partial charge in [-0.2, -0.15) is 4.31 Å². The van der Waals surface area contributed by atoms with E-state index in [0.29, 0.717) is 26.2 Å². The first-order valence-electron chi connectivity index (χ1n) is 11.2. The van der Waals surface area contributed by atoms with Crippen molar-refractivity contribution in [1.82, 2.24) is 19.4 Å². The summed E-state index contributed by atoms with van der Waals surface area (Å²) in [5.41, 5.74) is 0. The van der Waals surface area contributed by atoms with Gasteiger partial charge in [0.1, 0.15) is 0 Å². The summed E-state index contributed by atoms with van der Waals surface area (Å²) in [6, 6.07) is 0. The molecule has 0 spiro atoms. The molecule has 29 heavy (non-hydrogen) atoms. The number of piperazine rings is 1. The van der Waals surface area contributed by atoms with Crippen LogP contribution in [0.2, 0.25) is 0 Å². The number of hydrogen-bond acceptors (Lipinski definition) is 5. The number of likely N-dealkylation sites (tertiary alicyclic amines) is 1. The van der Waals surface area contributed by atoms with E-state index >= 15 is 0 Å². The van der Waals surface area contributed by atoms with E-state index < -0.39 is 10.0 Å². The van der Waals surface area contributed by atoms with Gasteiger partial charge >= 0.3 is 0 Å². The first kappa shape index (κ1) is 24.4. The lowest BCUT2D eigenvalue weighted by Crippen LogP contribution is -2.54. The number of hydrogen-bond donors (Lipinski definition) is 1. The van der Waals surface area contributed by atoms with Crippen LogP contribution in [0.3, 0.4) is 0 Å². The second-order valence-corrected chi connectivity index (χ2v) is 10.5. The fraction of sp³-hybridized carbons (Fsp3) is 0.950. The number of nitrogens with zero attached hydrogens (tertiary/aromatic N) is 4. The molecule has 0 aliphatic carbocycles. The summed E-state index contributed by atoms with van der Waals surface area (Å²) in [5, 5.41) is 3.37. The predicted molar refractivity (Wildman–Crippen MR) is 119 cm³/mol. The van der Waals surface area contributed by atoms with Gasteiger partial charge in [-0.1, -0.05) is 6.92 Å². The third kappa shape index (κ3) is 8.39. The van der Waals surface area contributed by atoms with E-state index in [1.165, 1.54) is 25.9 Å². The number of nitrogens with one attached hydrogen (secondary N) is 1. The van der Waals surface area contributed by atoms with Crippen molar-refractivity contribution in [3.05, 3.63) is 0 Å². The van der Waals surface area contributed by atoms with Crippen LogP contribution in [0.1, 0.15) is 40.5 Å². The largest absolute Gasteiger partial charge is 0.378 e. The number of guanidine groups is 1. The van der Waals surface area contributed by atoms with Crippen LogP contribution < -0.4 is 5.32 Å². The van der Waals surface area contributed by atoms with Crippen molar-refractivity contribution in [3.8, 4) is 0 Å². The second kappa shape index (κ2) is 12.1. The Labute approximate surface area is 177 Å². The van der Waals surface area contributed by atoms with Crippen LogP contribution in [-0.4, -0.2) is 106 Å². The molecule has 2 aliphatic rings. The molecule has 2 rings (SSSR count). The van der Waals surface area contributed by atoms with Crippen molar-refractivity contribution < 1.29 is 13.2 Å². The fourth-order valence-corrected chi connectivity index (χ4v) is 4.99. The van der Waals surface area contributed by atoms with Gasteiger partial charge in [0.05, 0.1) is 25.0 Å². The smallest absolute Gasteiger partial charge is 0.216 e. The molecule has 9 heteroatoms. The third-order valence-electron chi connectivity index (χ3n) is 5.61. The van der Waals surface area contributed by atoms with Crippen LogP contribution in [-0.2, 0) is 14.8 Å². The fourth-order valence-electron chi connectivity index (χ4n) is 3.71. The molecule has 2 heterocycles. The molecule has 0 unspecified atom stereocenters. The van der Waals surface area contributed by atoms with Crippen LogP contribution >= 0.6 is 0 Å². The van der Waals surface area contributed by atoms with Crippen molar-refractivity contribution in [1.29, 1.82) is 0 Å². The molecule has 2 fully saturated rings. The number of rotatable bonds is 9. The highest BCUT2D eigenvalue weighted by Crippen LogP contribution is 2.15. The summed E-state index contributed by atoms with van der Waals surface area (Å²) in [5.74, 6) is 1.79. The lowest BCUT2D eigenvalue weighted by atomic mass is 9.99. The van der Waals surface area contributed by atoms with E-state index in [0.717, 1.165) is 31.5 Å². The molecule has 170 valence electrons. The highest BCUT2D eigenvalue weighted by molar-refractivity contribution is 7.89. The Hall–Kier alpha value is -0.900. The lowest BCUT2D eigenvalue weighted by Gasteiger charge is -2.36. The summed E-state index contributed by atoms with van der Waals surface area (Å²) < 4.78 is 32.0. The minimum atomic E-state index is -3.26. The van der Waals surface area contributed by atoms with Gasteiger partial charge in [0.2, 0.25) is 10.0 Å². The van der Waals surface area contributed by atoms with E-state index in [-0.39, 0.29) is 18.5 Å². The van der Waals surface area contributed by atoms with Gasteiger partial charge in [-0.3, -0.25) is 4.99 Å². The zero-order valence-electron chi connectivity index (χ0n) is 18.8. The summed E-state index contributed by atoms with van der Waals surface area (Å²) in [6.07, 6.45) is 2.61. The van der Waals surface area contributed by atoms with Crippen molar-refractivity contribution in [2.75, 3.05) is 71.3 Å². The van der Waals surface area contributed by atoms with Crippen LogP contribution in [0, 0.1) is 5.92 Å². The van der Waals surface area contributed by atoms with Crippen molar-refractivity contribution in [2.45, 2.75) is 46.6 Å². The highest BCUT2D eigenvalue weighted by atomic mass is 32.2. The maximum Gasteiger partial charge on any atom is 0.216 e. The van der Waals surface area contributed by atoms with E-state index in [4.69, 9.17) is 9.73 Å². The molecular formula is C20H41N5O3S. The Bertz CT molecular complexity index is 595. The van der Waals surface area contributed by atoms with E-state index in [2.05, 4.69) is 29.0 Å². The quantitative estimate of drug-likeness (QED) is 0.434. The van der Waals surface area contributed by atoms with Gasteiger partial charge in [-0.05, 0) is 52.6 Å². The SMILES string of the molecule is CCNC(=NCCN1CCC(C)CC1)N1CCN(S(=O)(=O)CCOC(C)C)CC1. The van der Waals surface area contributed by atoms with Crippen molar-refractivity contribution in [2.24, 2.45) is 10.9 Å². The molecule has 0 aromatic rings. The number of aliphatic imine (C=N–C) groups is 1. The van der Waals surface area contributed by atoms with Gasteiger partial charge in [0, 0.05) is 39.3 Å². The average molecular weight is 432 g/mol. The van der Waals surface area contributed by atoms with Crippen LogP contribution in [0.5, 0.6) is 0 Å². The zero-order chi connectivity index (χ0) is 21.3. The standard InChI is InChI=1S/C20H41N5O3S/c1-5-21-20(22-8-11-23-9-6-19(4)7-10-23)24-12-14-25(15-13-24)29(26,27)17-16-28-18(2)3/h18-19H,5-17H2,1-4H3,(H,21,22). The molecule has 0 aromatic carbocycles. The topological polar surface area (TPSA) is 77.5 Å². The first-order valence-corrected chi connectivity index (χ1v) is 12.8. The molecule has 8 nitrogen and oxygen atoms in total. The first-order chi connectivity index (χ1) is 13.8. The molecule has 0 radical (unpaired) electrons. The Balaban J connectivity index is 1.80. The molecule has 0 saturated carbocycles. The minimum absolute atomic E-state index is 0.0494. The Morgan fingerprint density at radius 1 is 1.14 bits per heavy atom. The lowest BCUT2D eigenvalue weighted by molar-refractivity contribution is 0.0904. The molecule has 0 bridgehead atoms.